The van der Waals surface area contributed by atoms with E-state index in [9.17, 15) is 0 Å². The van der Waals surface area contributed by atoms with Crippen molar-refractivity contribution in [2.75, 3.05) is 44.7 Å². The third-order valence-electron chi connectivity index (χ3n) is 5.49. The highest BCUT2D eigenvalue weighted by Gasteiger charge is 2.32. The first-order valence-electron chi connectivity index (χ1n) is 8.92. The van der Waals surface area contributed by atoms with E-state index >= 15 is 0 Å². The third-order valence-corrected chi connectivity index (χ3v) is 5.99. The fourth-order valence-electron chi connectivity index (χ4n) is 4.13. The minimum atomic E-state index is 1.03. The number of halogens is 1. The Bertz CT molecular complexity index is 868. The molecule has 3 aliphatic rings. The molecule has 0 aromatic heterocycles. The van der Waals surface area contributed by atoms with E-state index in [1.807, 2.05) is 0 Å². The molecule has 0 saturated carbocycles. The number of fused-ring (bicyclic) bond motifs is 2. The van der Waals surface area contributed by atoms with Crippen molar-refractivity contribution in [1.82, 2.24) is 9.80 Å². The Morgan fingerprint density at radius 3 is 2.68 bits per heavy atom. The molecule has 5 rings (SSSR count). The van der Waals surface area contributed by atoms with Gasteiger partial charge in [-0.15, -0.1) is 0 Å². The largest absolute Gasteiger partial charge is 0.353 e. The third kappa shape index (κ3) is 2.49. The van der Waals surface area contributed by atoms with Gasteiger partial charge in [0.2, 0.25) is 0 Å². The van der Waals surface area contributed by atoms with Crippen LogP contribution in [0, 0.1) is 0 Å². The Morgan fingerprint density at radius 1 is 1.00 bits per heavy atom. The molecule has 4 nitrogen and oxygen atoms in total. The summed E-state index contributed by atoms with van der Waals surface area (Å²) in [6, 6.07) is 13.2. The highest BCUT2D eigenvalue weighted by Crippen LogP contribution is 2.45. The second kappa shape index (κ2) is 5.85. The summed E-state index contributed by atoms with van der Waals surface area (Å²) in [5, 5.41) is 0. The molecule has 3 heterocycles. The smallest absolute Gasteiger partial charge is 0.138 e. The summed E-state index contributed by atoms with van der Waals surface area (Å²) in [4.78, 5) is 12.5. The van der Waals surface area contributed by atoms with Gasteiger partial charge in [0.15, 0.2) is 0 Å². The molecule has 0 radical (unpaired) electrons. The highest BCUT2D eigenvalue weighted by molar-refractivity contribution is 9.10. The van der Waals surface area contributed by atoms with Crippen molar-refractivity contribution in [3.05, 3.63) is 52.0 Å². The summed E-state index contributed by atoms with van der Waals surface area (Å²) in [5.41, 5.74) is 6.37. The molecule has 1 saturated heterocycles. The monoisotopic (exact) mass is 396 g/mol. The van der Waals surface area contributed by atoms with E-state index in [1.54, 1.807) is 0 Å². The summed E-state index contributed by atoms with van der Waals surface area (Å²) in [6.07, 6.45) is 1.11. The Balaban J connectivity index is 1.71. The van der Waals surface area contributed by atoms with Gasteiger partial charge < -0.3 is 14.7 Å². The SMILES string of the molecule is CN1CCN(C2=Nc3cc(Br)ccc3N3CCc4cccc2c43)CC1. The van der Waals surface area contributed by atoms with E-state index in [4.69, 9.17) is 4.99 Å². The van der Waals surface area contributed by atoms with Gasteiger partial charge >= 0.3 is 0 Å². The number of amidine groups is 1. The molecule has 25 heavy (non-hydrogen) atoms. The van der Waals surface area contributed by atoms with Gasteiger partial charge in [-0.2, -0.15) is 0 Å². The van der Waals surface area contributed by atoms with Crippen molar-refractivity contribution in [3.63, 3.8) is 0 Å². The number of para-hydroxylation sites is 1. The Hall–Kier alpha value is -1.85. The van der Waals surface area contributed by atoms with E-state index in [0.29, 0.717) is 0 Å². The summed E-state index contributed by atoms with van der Waals surface area (Å²) in [5.74, 6) is 1.13. The maximum Gasteiger partial charge on any atom is 0.138 e. The van der Waals surface area contributed by atoms with Crippen LogP contribution in [0.4, 0.5) is 17.1 Å². The van der Waals surface area contributed by atoms with Crippen LogP contribution in [-0.4, -0.2) is 55.4 Å². The summed E-state index contributed by atoms with van der Waals surface area (Å²) in [6.45, 7) is 5.27. The predicted molar refractivity (Wildman–Crippen MR) is 107 cm³/mol. The fourth-order valence-corrected chi connectivity index (χ4v) is 4.47. The zero-order valence-electron chi connectivity index (χ0n) is 14.4. The molecule has 5 heteroatoms. The average molecular weight is 397 g/mol. The molecule has 3 aliphatic heterocycles. The molecule has 0 atom stereocenters. The molecular formula is C20H21BrN4. The van der Waals surface area contributed by atoms with Gasteiger partial charge in [0, 0.05) is 42.8 Å². The maximum atomic E-state index is 5.17. The Kier molecular flexibility index (Phi) is 3.61. The molecule has 0 N–H and O–H groups in total. The van der Waals surface area contributed by atoms with Crippen LogP contribution in [0.25, 0.3) is 0 Å². The molecule has 0 aliphatic carbocycles. The second-order valence-electron chi connectivity index (χ2n) is 7.07. The summed E-state index contributed by atoms with van der Waals surface area (Å²) < 4.78 is 1.08. The van der Waals surface area contributed by atoms with Gasteiger partial charge in [0.25, 0.3) is 0 Å². The van der Waals surface area contributed by atoms with E-state index in [1.165, 1.54) is 22.5 Å². The van der Waals surface area contributed by atoms with Crippen LogP contribution in [0.5, 0.6) is 0 Å². The van der Waals surface area contributed by atoms with Crippen molar-refractivity contribution in [3.8, 4) is 0 Å². The normalized spacial score (nSPS) is 19.4. The number of hydrogen-bond acceptors (Lipinski definition) is 4. The van der Waals surface area contributed by atoms with Crippen LogP contribution in [0.2, 0.25) is 0 Å². The van der Waals surface area contributed by atoms with Crippen molar-refractivity contribution in [2.45, 2.75) is 6.42 Å². The summed E-state index contributed by atoms with van der Waals surface area (Å²) in [7, 11) is 2.20. The van der Waals surface area contributed by atoms with Gasteiger partial charge in [-0.3, -0.25) is 0 Å². The fraction of sp³-hybridized carbons (Fsp3) is 0.350. The van der Waals surface area contributed by atoms with Crippen LogP contribution in [0.3, 0.4) is 0 Å². The van der Waals surface area contributed by atoms with Crippen LogP contribution in [-0.2, 0) is 6.42 Å². The number of anilines is 2. The van der Waals surface area contributed by atoms with Crippen LogP contribution in [0.15, 0.2) is 45.9 Å². The van der Waals surface area contributed by atoms with E-state index in [0.717, 1.165) is 55.1 Å². The lowest BCUT2D eigenvalue weighted by Gasteiger charge is -2.35. The van der Waals surface area contributed by atoms with E-state index in [-0.39, 0.29) is 0 Å². The lowest BCUT2D eigenvalue weighted by atomic mass is 10.1. The van der Waals surface area contributed by atoms with Crippen LogP contribution < -0.4 is 4.90 Å². The molecule has 2 aromatic carbocycles. The molecule has 0 spiro atoms. The summed E-state index contributed by atoms with van der Waals surface area (Å²) >= 11 is 3.62. The zero-order valence-corrected chi connectivity index (χ0v) is 16.0. The molecule has 0 unspecified atom stereocenters. The van der Waals surface area contributed by atoms with Crippen molar-refractivity contribution < 1.29 is 0 Å². The number of rotatable bonds is 0. The maximum absolute atomic E-state index is 5.17. The topological polar surface area (TPSA) is 22.1 Å². The van der Waals surface area contributed by atoms with E-state index in [2.05, 4.69) is 74.1 Å². The number of hydrogen-bond donors (Lipinski definition) is 0. The minimum Gasteiger partial charge on any atom is -0.353 e. The first kappa shape index (κ1) is 15.4. The standard InChI is InChI=1S/C20H21BrN4/c1-23-9-11-24(12-10-23)20-16-4-2-3-14-7-8-25(19(14)16)18-6-5-15(21)13-17(18)22-20/h2-6,13H,7-12H2,1H3. The molecule has 2 aromatic rings. The van der Waals surface area contributed by atoms with Crippen molar-refractivity contribution in [2.24, 2.45) is 4.99 Å². The van der Waals surface area contributed by atoms with Crippen LogP contribution in [0.1, 0.15) is 11.1 Å². The number of benzene rings is 2. The Morgan fingerprint density at radius 2 is 1.84 bits per heavy atom. The lowest BCUT2D eigenvalue weighted by molar-refractivity contribution is 0.216. The molecule has 1 fully saturated rings. The average Bonchev–Trinajstić information content (AvgIpc) is 2.99. The first-order chi connectivity index (χ1) is 12.2. The molecule has 0 amide bonds. The number of nitrogens with zero attached hydrogens (tertiary/aromatic N) is 4. The number of likely N-dealkylation sites (N-methyl/N-ethyl adjacent to an activating group) is 1. The van der Waals surface area contributed by atoms with E-state index < -0.39 is 0 Å². The van der Waals surface area contributed by atoms with Crippen LogP contribution >= 0.6 is 15.9 Å². The first-order valence-corrected chi connectivity index (χ1v) is 9.71. The van der Waals surface area contributed by atoms with Gasteiger partial charge in [-0.05, 0) is 43.3 Å². The van der Waals surface area contributed by atoms with Gasteiger partial charge in [-0.1, -0.05) is 28.1 Å². The molecule has 128 valence electrons. The van der Waals surface area contributed by atoms with Crippen molar-refractivity contribution in [1.29, 1.82) is 0 Å². The predicted octanol–water partition coefficient (Wildman–Crippen LogP) is 3.78. The van der Waals surface area contributed by atoms with Gasteiger partial charge in [0.05, 0.1) is 17.1 Å². The number of aliphatic imine (C=N–C) groups is 1. The number of piperazine rings is 1. The Labute approximate surface area is 156 Å². The second-order valence-corrected chi connectivity index (χ2v) is 7.99. The molecule has 0 bridgehead atoms. The quantitative estimate of drug-likeness (QED) is 0.676. The molecular weight excluding hydrogens is 376 g/mol. The van der Waals surface area contributed by atoms with Gasteiger partial charge in [-0.25, -0.2) is 4.99 Å². The van der Waals surface area contributed by atoms with Gasteiger partial charge in [0.1, 0.15) is 5.84 Å². The lowest BCUT2D eigenvalue weighted by Crippen LogP contribution is -2.47. The zero-order chi connectivity index (χ0) is 17.0. The minimum absolute atomic E-state index is 1.03. The van der Waals surface area contributed by atoms with Crippen molar-refractivity contribution >= 4 is 38.8 Å². The highest BCUT2D eigenvalue weighted by atomic mass is 79.9.